The lowest BCUT2D eigenvalue weighted by atomic mass is 9.73. The van der Waals surface area contributed by atoms with Crippen LogP contribution >= 0.6 is 0 Å². The van der Waals surface area contributed by atoms with Gasteiger partial charge in [-0.15, -0.1) is 0 Å². The van der Waals surface area contributed by atoms with Gasteiger partial charge in [0.05, 0.1) is 7.05 Å². The first kappa shape index (κ1) is 16.9. The van der Waals surface area contributed by atoms with E-state index >= 15 is 0 Å². The van der Waals surface area contributed by atoms with Gasteiger partial charge in [0, 0.05) is 5.56 Å². The van der Waals surface area contributed by atoms with Crippen LogP contribution in [0.25, 0.3) is 0 Å². The fourth-order valence-corrected chi connectivity index (χ4v) is 3.92. The van der Waals surface area contributed by atoms with Crippen LogP contribution in [0.4, 0.5) is 9.18 Å². The standard InChI is InChI=1S/C18H24FN3O2/c1-13-5-3-4-10-18(13)16(23)22(17(24)20-18)12-21(2)11-14-6-8-15(19)9-7-14/h6-9,13H,3-5,10-12H2,1-2H3,(H,20,24)/p+1/t13-,18+/m1/s1. The minimum absolute atomic E-state index is 0.0850. The Morgan fingerprint density at radius 1 is 1.29 bits per heavy atom. The molecule has 3 amide bonds. The van der Waals surface area contributed by atoms with Gasteiger partial charge in [0.15, 0.2) is 6.67 Å². The molecule has 1 aromatic rings. The van der Waals surface area contributed by atoms with Gasteiger partial charge in [-0.05, 0) is 30.9 Å². The highest BCUT2D eigenvalue weighted by Gasteiger charge is 2.55. The van der Waals surface area contributed by atoms with Gasteiger partial charge in [-0.3, -0.25) is 4.79 Å². The number of benzene rings is 1. The van der Waals surface area contributed by atoms with Crippen molar-refractivity contribution in [3.63, 3.8) is 0 Å². The Kier molecular flexibility index (Phi) is 4.58. The van der Waals surface area contributed by atoms with Gasteiger partial charge in [-0.1, -0.05) is 31.9 Å². The van der Waals surface area contributed by atoms with Crippen molar-refractivity contribution in [2.45, 2.75) is 44.7 Å². The first-order chi connectivity index (χ1) is 11.4. The number of imide groups is 1. The first-order valence-electron chi connectivity index (χ1n) is 8.62. The molecule has 3 rings (SSSR count). The predicted molar refractivity (Wildman–Crippen MR) is 87.6 cm³/mol. The van der Waals surface area contributed by atoms with Crippen molar-refractivity contribution in [2.24, 2.45) is 5.92 Å². The van der Waals surface area contributed by atoms with Gasteiger partial charge in [0.2, 0.25) is 0 Å². The smallest absolute Gasteiger partial charge is 0.323 e. The minimum atomic E-state index is -0.703. The molecular formula is C18H25FN3O2+. The summed E-state index contributed by atoms with van der Waals surface area (Å²) in [6.07, 6.45) is 3.79. The molecule has 24 heavy (non-hydrogen) atoms. The second-order valence-corrected chi connectivity index (χ2v) is 7.20. The fourth-order valence-electron chi connectivity index (χ4n) is 3.92. The normalized spacial score (nSPS) is 28.3. The van der Waals surface area contributed by atoms with Crippen molar-refractivity contribution in [1.29, 1.82) is 0 Å². The lowest BCUT2D eigenvalue weighted by Crippen LogP contribution is -3.09. The second-order valence-electron chi connectivity index (χ2n) is 7.20. The van der Waals surface area contributed by atoms with Crippen LogP contribution in [0, 0.1) is 11.7 Å². The Labute approximate surface area is 141 Å². The highest BCUT2D eigenvalue weighted by Crippen LogP contribution is 2.37. The Morgan fingerprint density at radius 3 is 2.67 bits per heavy atom. The molecule has 1 aromatic carbocycles. The van der Waals surface area contributed by atoms with Crippen molar-refractivity contribution in [1.82, 2.24) is 10.2 Å². The minimum Gasteiger partial charge on any atom is -0.323 e. The van der Waals surface area contributed by atoms with Crippen LogP contribution in [0.5, 0.6) is 0 Å². The summed E-state index contributed by atoms with van der Waals surface area (Å²) in [7, 11) is 1.93. The molecule has 1 unspecified atom stereocenters. The molecule has 1 heterocycles. The van der Waals surface area contributed by atoms with Crippen LogP contribution in [0.3, 0.4) is 0 Å². The maximum absolute atomic E-state index is 13.0. The van der Waals surface area contributed by atoms with Crippen molar-refractivity contribution in [3.05, 3.63) is 35.6 Å². The largest absolute Gasteiger partial charge is 0.329 e. The van der Waals surface area contributed by atoms with Crippen molar-refractivity contribution < 1.29 is 18.9 Å². The number of rotatable bonds is 4. The van der Waals surface area contributed by atoms with Gasteiger partial charge in [0.25, 0.3) is 5.91 Å². The summed E-state index contributed by atoms with van der Waals surface area (Å²) in [5.74, 6) is -0.179. The van der Waals surface area contributed by atoms with Gasteiger partial charge in [-0.25, -0.2) is 14.1 Å². The number of urea groups is 1. The molecule has 1 aliphatic carbocycles. The summed E-state index contributed by atoms with van der Waals surface area (Å²) in [4.78, 5) is 27.6. The van der Waals surface area contributed by atoms with E-state index in [4.69, 9.17) is 0 Å². The lowest BCUT2D eigenvalue weighted by molar-refractivity contribution is -0.901. The SMILES string of the molecule is C[C@@H]1CCCC[C@]12NC(=O)N(C[NH+](C)Cc1ccc(F)cc1)C2=O. The monoisotopic (exact) mass is 334 g/mol. The Bertz CT molecular complexity index is 634. The maximum atomic E-state index is 13.0. The number of nitrogens with one attached hydrogen (secondary N) is 2. The average Bonchev–Trinajstić information content (AvgIpc) is 2.78. The molecule has 1 aliphatic heterocycles. The molecule has 2 aliphatic rings. The Morgan fingerprint density at radius 2 is 2.00 bits per heavy atom. The number of carbonyl (C=O) groups excluding carboxylic acids is 2. The summed E-state index contributed by atoms with van der Waals surface area (Å²) in [5.41, 5.74) is 0.271. The van der Waals surface area contributed by atoms with E-state index in [9.17, 15) is 14.0 Å². The van der Waals surface area contributed by atoms with E-state index < -0.39 is 5.54 Å². The van der Waals surface area contributed by atoms with E-state index in [0.29, 0.717) is 13.2 Å². The fraction of sp³-hybridized carbons (Fsp3) is 0.556. The first-order valence-corrected chi connectivity index (χ1v) is 8.62. The number of quaternary nitrogens is 1. The predicted octanol–water partition coefficient (Wildman–Crippen LogP) is 1.30. The number of halogens is 1. The molecule has 0 aromatic heterocycles. The van der Waals surface area contributed by atoms with Gasteiger partial charge in [0.1, 0.15) is 17.9 Å². The molecule has 130 valence electrons. The third-order valence-corrected chi connectivity index (χ3v) is 5.35. The maximum Gasteiger partial charge on any atom is 0.329 e. The second kappa shape index (κ2) is 6.51. The zero-order valence-corrected chi connectivity index (χ0v) is 14.3. The third-order valence-electron chi connectivity index (χ3n) is 5.35. The van der Waals surface area contributed by atoms with Crippen molar-refractivity contribution >= 4 is 11.9 Å². The summed E-state index contributed by atoms with van der Waals surface area (Å²) < 4.78 is 13.0. The number of hydrogen-bond acceptors (Lipinski definition) is 2. The highest BCUT2D eigenvalue weighted by atomic mass is 19.1. The van der Waals surface area contributed by atoms with E-state index in [2.05, 4.69) is 12.2 Å². The van der Waals surface area contributed by atoms with Crippen LogP contribution in [0.1, 0.15) is 38.2 Å². The third kappa shape index (κ3) is 3.02. The molecule has 6 heteroatoms. The highest BCUT2D eigenvalue weighted by molar-refractivity contribution is 6.07. The van der Waals surface area contributed by atoms with E-state index in [-0.39, 0.29) is 23.7 Å². The van der Waals surface area contributed by atoms with Crippen molar-refractivity contribution in [2.75, 3.05) is 13.7 Å². The molecule has 5 nitrogen and oxygen atoms in total. The number of nitrogens with zero attached hydrogens (tertiary/aromatic N) is 1. The summed E-state index contributed by atoms with van der Waals surface area (Å²) in [6.45, 7) is 2.99. The Hall–Kier alpha value is -1.95. The van der Waals surface area contributed by atoms with Gasteiger partial charge >= 0.3 is 6.03 Å². The summed E-state index contributed by atoms with van der Waals surface area (Å²) in [6, 6.07) is 6.03. The Balaban J connectivity index is 1.67. The summed E-state index contributed by atoms with van der Waals surface area (Å²) in [5, 5.41) is 2.97. The van der Waals surface area contributed by atoms with Crippen LogP contribution in [-0.4, -0.2) is 36.1 Å². The zero-order valence-electron chi connectivity index (χ0n) is 14.3. The van der Waals surface area contributed by atoms with E-state index in [1.54, 1.807) is 12.1 Å². The number of hydrogen-bond donors (Lipinski definition) is 2. The number of amides is 3. The molecule has 1 saturated carbocycles. The quantitative estimate of drug-likeness (QED) is 0.816. The van der Waals surface area contributed by atoms with Gasteiger partial charge < -0.3 is 10.2 Å². The van der Waals surface area contributed by atoms with Crippen LogP contribution in [0.15, 0.2) is 24.3 Å². The van der Waals surface area contributed by atoms with Crippen LogP contribution < -0.4 is 10.2 Å². The van der Waals surface area contributed by atoms with Crippen LogP contribution in [-0.2, 0) is 11.3 Å². The molecule has 0 radical (unpaired) electrons. The molecule has 2 N–H and O–H groups in total. The summed E-state index contributed by atoms with van der Waals surface area (Å²) >= 11 is 0. The molecule has 0 bridgehead atoms. The zero-order chi connectivity index (χ0) is 17.3. The molecular weight excluding hydrogens is 309 g/mol. The van der Waals surface area contributed by atoms with Gasteiger partial charge in [-0.2, -0.15) is 0 Å². The van der Waals surface area contributed by atoms with E-state index in [1.807, 2.05) is 7.05 Å². The molecule has 2 fully saturated rings. The number of carbonyl (C=O) groups is 2. The van der Waals surface area contributed by atoms with Crippen molar-refractivity contribution in [3.8, 4) is 0 Å². The topological polar surface area (TPSA) is 53.9 Å². The average molecular weight is 334 g/mol. The lowest BCUT2D eigenvalue weighted by Gasteiger charge is -2.36. The molecule has 1 spiro atoms. The van der Waals surface area contributed by atoms with E-state index in [1.165, 1.54) is 17.0 Å². The molecule has 1 saturated heterocycles. The van der Waals surface area contributed by atoms with Crippen LogP contribution in [0.2, 0.25) is 0 Å². The van der Waals surface area contributed by atoms with E-state index in [0.717, 1.165) is 36.1 Å². The molecule has 3 atom stereocenters.